The van der Waals surface area contributed by atoms with E-state index in [1.54, 1.807) is 30.3 Å². The van der Waals surface area contributed by atoms with Gasteiger partial charge in [-0.15, -0.1) is 0 Å². The largest absolute Gasteiger partial charge is 0.431 e. The topological polar surface area (TPSA) is 80.5 Å². The lowest BCUT2D eigenvalue weighted by molar-refractivity contribution is 0.102. The normalized spacial score (nSPS) is 12.0. The van der Waals surface area contributed by atoms with Gasteiger partial charge in [-0.2, -0.15) is 0 Å². The summed E-state index contributed by atoms with van der Waals surface area (Å²) in [5, 5.41) is 0.873. The summed E-state index contributed by atoms with van der Waals surface area (Å²) in [4.78, 5) is 16.6. The minimum Gasteiger partial charge on any atom is -0.431 e. The number of carbonyl (C=O) groups excluding carboxylic acids is 1. The van der Waals surface area contributed by atoms with Gasteiger partial charge in [-0.3, -0.25) is 4.79 Å². The highest BCUT2D eigenvalue weighted by Crippen LogP contribution is 2.26. The van der Waals surface area contributed by atoms with Gasteiger partial charge in [0.1, 0.15) is 5.52 Å². The highest BCUT2D eigenvalue weighted by Gasteiger charge is 2.19. The molecule has 3 rings (SSSR count). The molecule has 136 valence electrons. The van der Waals surface area contributed by atoms with E-state index in [0.29, 0.717) is 26.9 Å². The van der Waals surface area contributed by atoms with E-state index in [1.165, 1.54) is 26.2 Å². The molecule has 0 aliphatic heterocycles. The van der Waals surface area contributed by atoms with Gasteiger partial charge in [0.25, 0.3) is 5.22 Å². The Labute approximate surface area is 160 Å². The number of halogens is 1. The van der Waals surface area contributed by atoms with Crippen molar-refractivity contribution in [3.05, 3.63) is 53.1 Å². The summed E-state index contributed by atoms with van der Waals surface area (Å²) in [6, 6.07) is 11.1. The van der Waals surface area contributed by atoms with E-state index >= 15 is 0 Å². The Hall–Kier alpha value is -1.87. The Kier molecular flexibility index (Phi) is 5.38. The number of aromatic nitrogens is 1. The first-order chi connectivity index (χ1) is 12.3. The summed E-state index contributed by atoms with van der Waals surface area (Å²) >= 11 is 6.96. The molecule has 1 heterocycles. The van der Waals surface area contributed by atoms with Crippen molar-refractivity contribution < 1.29 is 17.6 Å². The smallest absolute Gasteiger partial charge is 0.257 e. The molecule has 0 amide bonds. The number of thioether (sulfide) groups is 1. The van der Waals surface area contributed by atoms with E-state index in [0.717, 1.165) is 16.1 Å². The second-order valence-electron chi connectivity index (χ2n) is 5.62. The van der Waals surface area contributed by atoms with Crippen LogP contribution in [0.5, 0.6) is 0 Å². The first kappa shape index (κ1) is 18.9. The quantitative estimate of drug-likeness (QED) is 0.455. The van der Waals surface area contributed by atoms with Crippen molar-refractivity contribution in [3.8, 4) is 0 Å². The molecule has 0 saturated carbocycles. The van der Waals surface area contributed by atoms with Crippen LogP contribution in [0.3, 0.4) is 0 Å². The minimum atomic E-state index is -3.54. The number of sulfonamides is 1. The molecule has 0 aliphatic rings. The SMILES string of the molecule is CN(C)S(=O)(=O)c1ccc2oc(SCC(=O)c3ccc(Cl)cc3)nc2c1. The number of carbonyl (C=O) groups is 1. The second-order valence-corrected chi connectivity index (χ2v) is 9.13. The maximum absolute atomic E-state index is 12.2. The standard InChI is InChI=1S/C17H15ClN2O4S2/c1-20(2)26(22,23)13-7-8-16-14(9-13)19-17(24-16)25-10-15(21)11-3-5-12(18)6-4-11/h3-9H,10H2,1-2H3. The van der Waals surface area contributed by atoms with Crippen LogP contribution in [0.25, 0.3) is 11.1 Å². The molecular weight excluding hydrogens is 396 g/mol. The van der Waals surface area contributed by atoms with Gasteiger partial charge < -0.3 is 4.42 Å². The van der Waals surface area contributed by atoms with Gasteiger partial charge in [-0.05, 0) is 42.5 Å². The van der Waals surface area contributed by atoms with Crippen LogP contribution in [0.15, 0.2) is 57.0 Å². The molecule has 0 bridgehead atoms. The summed E-state index contributed by atoms with van der Waals surface area (Å²) < 4.78 is 31.1. The van der Waals surface area contributed by atoms with Crippen molar-refractivity contribution in [2.24, 2.45) is 0 Å². The molecule has 0 radical (unpaired) electrons. The van der Waals surface area contributed by atoms with Gasteiger partial charge in [0, 0.05) is 24.7 Å². The predicted molar refractivity (Wildman–Crippen MR) is 101 cm³/mol. The Bertz CT molecular complexity index is 1060. The van der Waals surface area contributed by atoms with Crippen LogP contribution in [0, 0.1) is 0 Å². The zero-order chi connectivity index (χ0) is 18.9. The van der Waals surface area contributed by atoms with Crippen LogP contribution in [-0.4, -0.2) is 43.3 Å². The Morgan fingerprint density at radius 1 is 1.19 bits per heavy atom. The Morgan fingerprint density at radius 3 is 2.54 bits per heavy atom. The zero-order valence-electron chi connectivity index (χ0n) is 14.0. The molecule has 9 heteroatoms. The summed E-state index contributed by atoms with van der Waals surface area (Å²) in [5.41, 5.74) is 1.44. The molecule has 26 heavy (non-hydrogen) atoms. The third-order valence-electron chi connectivity index (χ3n) is 3.61. The van der Waals surface area contributed by atoms with Crippen LogP contribution in [0.4, 0.5) is 0 Å². The summed E-state index contributed by atoms with van der Waals surface area (Å²) in [6.45, 7) is 0. The fourth-order valence-corrected chi connectivity index (χ4v) is 3.95. The number of hydrogen-bond donors (Lipinski definition) is 0. The van der Waals surface area contributed by atoms with Crippen LogP contribution in [-0.2, 0) is 10.0 Å². The van der Waals surface area contributed by atoms with Crippen molar-refractivity contribution in [1.29, 1.82) is 0 Å². The van der Waals surface area contributed by atoms with Gasteiger partial charge in [0.05, 0.1) is 10.6 Å². The lowest BCUT2D eigenvalue weighted by Gasteiger charge is -2.10. The van der Waals surface area contributed by atoms with E-state index < -0.39 is 10.0 Å². The number of Topliss-reactive ketones (excluding diaryl/α,β-unsaturated/α-hetero) is 1. The summed E-state index contributed by atoms with van der Waals surface area (Å²) in [6.07, 6.45) is 0. The number of rotatable bonds is 6. The molecule has 2 aromatic carbocycles. The molecule has 0 fully saturated rings. The molecule has 0 spiro atoms. The molecule has 6 nitrogen and oxygen atoms in total. The van der Waals surface area contributed by atoms with Gasteiger partial charge in [-0.1, -0.05) is 23.4 Å². The lowest BCUT2D eigenvalue weighted by Crippen LogP contribution is -2.22. The van der Waals surface area contributed by atoms with E-state index in [2.05, 4.69) is 4.98 Å². The van der Waals surface area contributed by atoms with Crippen molar-refractivity contribution >= 4 is 50.3 Å². The number of hydrogen-bond acceptors (Lipinski definition) is 6. The molecule has 1 aromatic heterocycles. The number of nitrogens with zero attached hydrogens (tertiary/aromatic N) is 2. The minimum absolute atomic E-state index is 0.0789. The molecule has 0 saturated heterocycles. The van der Waals surface area contributed by atoms with E-state index in [-0.39, 0.29) is 16.4 Å². The highest BCUT2D eigenvalue weighted by molar-refractivity contribution is 7.99. The van der Waals surface area contributed by atoms with Crippen molar-refractivity contribution in [1.82, 2.24) is 9.29 Å². The fourth-order valence-electron chi connectivity index (χ4n) is 2.17. The molecule has 0 unspecified atom stereocenters. The Balaban J connectivity index is 1.77. The van der Waals surface area contributed by atoms with Gasteiger partial charge >= 0.3 is 0 Å². The maximum atomic E-state index is 12.2. The average molecular weight is 411 g/mol. The third-order valence-corrected chi connectivity index (χ3v) is 6.50. The van der Waals surface area contributed by atoms with Gasteiger partial charge in [0.15, 0.2) is 11.4 Å². The van der Waals surface area contributed by atoms with Gasteiger partial charge in [0.2, 0.25) is 10.0 Å². The maximum Gasteiger partial charge on any atom is 0.257 e. The van der Waals surface area contributed by atoms with Crippen LogP contribution in [0.2, 0.25) is 5.02 Å². The van der Waals surface area contributed by atoms with Crippen LogP contribution < -0.4 is 0 Å². The summed E-state index contributed by atoms with van der Waals surface area (Å²) in [5.74, 6) is 0.0712. The number of oxazole rings is 1. The van der Waals surface area contributed by atoms with E-state index in [9.17, 15) is 13.2 Å². The van der Waals surface area contributed by atoms with Crippen molar-refractivity contribution in [2.45, 2.75) is 10.1 Å². The van der Waals surface area contributed by atoms with Gasteiger partial charge in [-0.25, -0.2) is 17.7 Å². The first-order valence-corrected chi connectivity index (χ1v) is 10.3. The first-order valence-electron chi connectivity index (χ1n) is 7.52. The molecule has 0 atom stereocenters. The number of ketones is 1. The van der Waals surface area contributed by atoms with Crippen LogP contribution >= 0.6 is 23.4 Å². The molecular formula is C17H15ClN2O4S2. The van der Waals surface area contributed by atoms with E-state index in [1.807, 2.05) is 0 Å². The lowest BCUT2D eigenvalue weighted by atomic mass is 10.1. The molecule has 3 aromatic rings. The summed E-state index contributed by atoms with van der Waals surface area (Å²) in [7, 11) is -0.616. The second kappa shape index (κ2) is 7.40. The van der Waals surface area contributed by atoms with Crippen LogP contribution in [0.1, 0.15) is 10.4 Å². The average Bonchev–Trinajstić information content (AvgIpc) is 3.02. The molecule has 0 aliphatic carbocycles. The molecule has 0 N–H and O–H groups in total. The third kappa shape index (κ3) is 3.93. The number of fused-ring (bicyclic) bond motifs is 1. The monoisotopic (exact) mass is 410 g/mol. The zero-order valence-corrected chi connectivity index (χ0v) is 16.4. The highest BCUT2D eigenvalue weighted by atomic mass is 35.5. The number of benzene rings is 2. The van der Waals surface area contributed by atoms with Crippen molar-refractivity contribution in [3.63, 3.8) is 0 Å². The Morgan fingerprint density at radius 2 is 1.88 bits per heavy atom. The van der Waals surface area contributed by atoms with E-state index in [4.69, 9.17) is 16.0 Å². The predicted octanol–water partition coefficient (Wildman–Crippen LogP) is 3.71. The fraction of sp³-hybridized carbons (Fsp3) is 0.176. The van der Waals surface area contributed by atoms with Crippen molar-refractivity contribution in [2.75, 3.05) is 19.8 Å².